The lowest BCUT2D eigenvalue weighted by molar-refractivity contribution is 0.415. The van der Waals surface area contributed by atoms with E-state index < -0.39 is 0 Å². The predicted octanol–water partition coefficient (Wildman–Crippen LogP) is 4.15. The van der Waals surface area contributed by atoms with E-state index in [1.807, 2.05) is 12.1 Å². The van der Waals surface area contributed by atoms with Crippen LogP contribution in [0.15, 0.2) is 48.5 Å². The molecule has 2 aromatic carbocycles. The van der Waals surface area contributed by atoms with Crippen molar-refractivity contribution in [3.63, 3.8) is 0 Å². The third-order valence-corrected chi connectivity index (χ3v) is 3.16. The van der Waals surface area contributed by atoms with Crippen molar-refractivity contribution in [2.45, 2.75) is 6.92 Å². The third kappa shape index (κ3) is 1.86. The molecule has 0 fully saturated rings. The SMILES string of the molecule is COc1ccc2cc(-c3cccc(C)c3)[nH]c2c1. The molecule has 3 aromatic rings. The number of aromatic amines is 1. The van der Waals surface area contributed by atoms with E-state index >= 15 is 0 Å². The Morgan fingerprint density at radius 2 is 1.89 bits per heavy atom. The van der Waals surface area contributed by atoms with Gasteiger partial charge >= 0.3 is 0 Å². The molecule has 0 unspecified atom stereocenters. The van der Waals surface area contributed by atoms with Crippen LogP contribution in [0.2, 0.25) is 0 Å². The molecule has 1 heterocycles. The van der Waals surface area contributed by atoms with Crippen LogP contribution >= 0.6 is 0 Å². The van der Waals surface area contributed by atoms with Crippen LogP contribution in [-0.4, -0.2) is 12.1 Å². The highest BCUT2D eigenvalue weighted by Gasteiger charge is 2.04. The van der Waals surface area contributed by atoms with Gasteiger partial charge in [-0.15, -0.1) is 0 Å². The molecule has 0 radical (unpaired) electrons. The second kappa shape index (κ2) is 4.22. The van der Waals surface area contributed by atoms with Crippen molar-refractivity contribution in [1.82, 2.24) is 4.98 Å². The smallest absolute Gasteiger partial charge is 0.120 e. The average molecular weight is 237 g/mol. The van der Waals surface area contributed by atoms with Gasteiger partial charge in [0.05, 0.1) is 7.11 Å². The lowest BCUT2D eigenvalue weighted by atomic mass is 10.1. The van der Waals surface area contributed by atoms with E-state index in [2.05, 4.69) is 48.3 Å². The fraction of sp³-hybridized carbons (Fsp3) is 0.125. The number of benzene rings is 2. The lowest BCUT2D eigenvalue weighted by Crippen LogP contribution is -1.81. The van der Waals surface area contributed by atoms with E-state index in [0.717, 1.165) is 17.0 Å². The van der Waals surface area contributed by atoms with E-state index in [4.69, 9.17) is 4.74 Å². The Bertz CT molecular complexity index is 697. The first-order chi connectivity index (χ1) is 8.76. The van der Waals surface area contributed by atoms with Crippen LogP contribution in [0.4, 0.5) is 0 Å². The fourth-order valence-electron chi connectivity index (χ4n) is 2.20. The minimum Gasteiger partial charge on any atom is -0.497 e. The van der Waals surface area contributed by atoms with Crippen LogP contribution in [0.5, 0.6) is 5.75 Å². The van der Waals surface area contributed by atoms with Gasteiger partial charge in [0.15, 0.2) is 0 Å². The zero-order valence-corrected chi connectivity index (χ0v) is 10.5. The van der Waals surface area contributed by atoms with Gasteiger partial charge in [0, 0.05) is 22.7 Å². The van der Waals surface area contributed by atoms with Gasteiger partial charge in [0.25, 0.3) is 0 Å². The summed E-state index contributed by atoms with van der Waals surface area (Å²) in [6, 6.07) is 16.7. The van der Waals surface area contributed by atoms with Gasteiger partial charge < -0.3 is 9.72 Å². The van der Waals surface area contributed by atoms with Crippen LogP contribution in [0.3, 0.4) is 0 Å². The van der Waals surface area contributed by atoms with Crippen molar-refractivity contribution in [2.75, 3.05) is 7.11 Å². The fourth-order valence-corrected chi connectivity index (χ4v) is 2.20. The molecule has 0 saturated heterocycles. The van der Waals surface area contributed by atoms with Crippen molar-refractivity contribution in [3.05, 3.63) is 54.1 Å². The van der Waals surface area contributed by atoms with Crippen LogP contribution < -0.4 is 4.74 Å². The number of fused-ring (bicyclic) bond motifs is 1. The molecule has 2 nitrogen and oxygen atoms in total. The number of nitrogens with one attached hydrogen (secondary N) is 1. The summed E-state index contributed by atoms with van der Waals surface area (Å²) in [5.41, 5.74) is 4.72. The molecule has 0 aliphatic heterocycles. The largest absolute Gasteiger partial charge is 0.497 e. The molecule has 0 aliphatic rings. The molecule has 1 N–H and O–H groups in total. The molecular formula is C16H15NO. The van der Waals surface area contributed by atoms with Gasteiger partial charge in [-0.25, -0.2) is 0 Å². The summed E-state index contributed by atoms with van der Waals surface area (Å²) in [5.74, 6) is 0.875. The van der Waals surface area contributed by atoms with Gasteiger partial charge in [0.1, 0.15) is 5.75 Å². The van der Waals surface area contributed by atoms with Gasteiger partial charge in [-0.05, 0) is 36.8 Å². The van der Waals surface area contributed by atoms with Crippen molar-refractivity contribution < 1.29 is 4.74 Å². The van der Waals surface area contributed by atoms with E-state index in [1.54, 1.807) is 7.11 Å². The second-order valence-electron chi connectivity index (χ2n) is 4.51. The van der Waals surface area contributed by atoms with Crippen LogP contribution in [0, 0.1) is 6.92 Å². The van der Waals surface area contributed by atoms with Gasteiger partial charge in [-0.2, -0.15) is 0 Å². The average Bonchev–Trinajstić information content (AvgIpc) is 2.81. The van der Waals surface area contributed by atoms with Crippen LogP contribution in [-0.2, 0) is 0 Å². The maximum atomic E-state index is 5.24. The molecule has 18 heavy (non-hydrogen) atoms. The lowest BCUT2D eigenvalue weighted by Gasteiger charge is -1.99. The third-order valence-electron chi connectivity index (χ3n) is 3.16. The second-order valence-corrected chi connectivity index (χ2v) is 4.51. The van der Waals surface area contributed by atoms with Crippen LogP contribution in [0.25, 0.3) is 22.2 Å². The summed E-state index contributed by atoms with van der Waals surface area (Å²) in [5, 5.41) is 1.20. The number of aryl methyl sites for hydroxylation is 1. The Morgan fingerprint density at radius 3 is 2.67 bits per heavy atom. The maximum absolute atomic E-state index is 5.24. The number of hydrogen-bond donors (Lipinski definition) is 1. The number of aromatic nitrogens is 1. The van der Waals surface area contributed by atoms with E-state index in [1.165, 1.54) is 16.5 Å². The van der Waals surface area contributed by atoms with Crippen LogP contribution in [0.1, 0.15) is 5.56 Å². The number of ether oxygens (including phenoxy) is 1. The molecule has 0 amide bonds. The normalized spacial score (nSPS) is 10.8. The van der Waals surface area contributed by atoms with Gasteiger partial charge in [0.2, 0.25) is 0 Å². The molecule has 3 rings (SSSR count). The summed E-state index contributed by atoms with van der Waals surface area (Å²) in [4.78, 5) is 3.43. The highest BCUT2D eigenvalue weighted by atomic mass is 16.5. The summed E-state index contributed by atoms with van der Waals surface area (Å²) < 4.78 is 5.24. The van der Waals surface area contributed by atoms with Crippen molar-refractivity contribution in [1.29, 1.82) is 0 Å². The molecule has 0 aliphatic carbocycles. The zero-order valence-electron chi connectivity index (χ0n) is 10.5. The van der Waals surface area contributed by atoms with Gasteiger partial charge in [-0.1, -0.05) is 23.8 Å². The van der Waals surface area contributed by atoms with E-state index in [9.17, 15) is 0 Å². The molecular weight excluding hydrogens is 222 g/mol. The Hall–Kier alpha value is -2.22. The number of H-pyrrole nitrogens is 1. The monoisotopic (exact) mass is 237 g/mol. The molecule has 0 spiro atoms. The maximum Gasteiger partial charge on any atom is 0.120 e. The Labute approximate surface area is 106 Å². The van der Waals surface area contributed by atoms with E-state index in [-0.39, 0.29) is 0 Å². The minimum atomic E-state index is 0.875. The highest BCUT2D eigenvalue weighted by Crippen LogP contribution is 2.27. The standard InChI is InChI=1S/C16H15NO/c1-11-4-3-5-12(8-11)15-9-13-6-7-14(18-2)10-16(13)17-15/h3-10,17H,1-2H3. The Balaban J connectivity index is 2.13. The first-order valence-electron chi connectivity index (χ1n) is 6.00. The molecule has 2 heteroatoms. The predicted molar refractivity (Wildman–Crippen MR) is 75.0 cm³/mol. The molecule has 90 valence electrons. The van der Waals surface area contributed by atoms with Crippen molar-refractivity contribution >= 4 is 10.9 Å². The number of rotatable bonds is 2. The summed E-state index contributed by atoms with van der Waals surface area (Å²) >= 11 is 0. The van der Waals surface area contributed by atoms with Gasteiger partial charge in [-0.3, -0.25) is 0 Å². The van der Waals surface area contributed by atoms with Crippen molar-refractivity contribution in [2.24, 2.45) is 0 Å². The quantitative estimate of drug-likeness (QED) is 0.711. The first kappa shape index (κ1) is 10.9. The zero-order chi connectivity index (χ0) is 12.5. The Kier molecular flexibility index (Phi) is 2.56. The highest BCUT2D eigenvalue weighted by molar-refractivity contribution is 5.86. The van der Waals surface area contributed by atoms with E-state index in [0.29, 0.717) is 0 Å². The summed E-state index contributed by atoms with van der Waals surface area (Å²) in [6.07, 6.45) is 0. The summed E-state index contributed by atoms with van der Waals surface area (Å²) in [6.45, 7) is 2.11. The Morgan fingerprint density at radius 1 is 1.00 bits per heavy atom. The summed E-state index contributed by atoms with van der Waals surface area (Å²) in [7, 11) is 1.69. The first-order valence-corrected chi connectivity index (χ1v) is 6.00. The molecule has 0 bridgehead atoms. The minimum absolute atomic E-state index is 0.875. The number of methoxy groups -OCH3 is 1. The molecule has 0 atom stereocenters. The number of hydrogen-bond acceptors (Lipinski definition) is 1. The topological polar surface area (TPSA) is 25.0 Å². The molecule has 1 aromatic heterocycles. The molecule has 0 saturated carbocycles. The van der Waals surface area contributed by atoms with Crippen molar-refractivity contribution in [3.8, 4) is 17.0 Å².